The fourth-order valence-electron chi connectivity index (χ4n) is 4.99. The highest BCUT2D eigenvalue weighted by Gasteiger charge is 2.44. The van der Waals surface area contributed by atoms with Gasteiger partial charge in [-0.15, -0.1) is 0 Å². The molecule has 166 valence electrons. The van der Waals surface area contributed by atoms with Gasteiger partial charge < -0.3 is 19.5 Å². The number of benzene rings is 2. The molecule has 2 heterocycles. The van der Waals surface area contributed by atoms with Crippen molar-refractivity contribution in [3.05, 3.63) is 66.5 Å². The molecule has 7 nitrogen and oxygen atoms in total. The topological polar surface area (TPSA) is 87.7 Å². The van der Waals surface area contributed by atoms with Crippen LogP contribution in [0.2, 0.25) is 0 Å². The van der Waals surface area contributed by atoms with Crippen molar-refractivity contribution >= 4 is 5.91 Å². The molecule has 5 rings (SSSR count). The maximum atomic E-state index is 13.2. The number of hydrogen-bond acceptors (Lipinski definition) is 5. The summed E-state index contributed by atoms with van der Waals surface area (Å²) in [4.78, 5) is 15.2. The van der Waals surface area contributed by atoms with Crippen LogP contribution in [0, 0.1) is 11.8 Å². The van der Waals surface area contributed by atoms with Gasteiger partial charge in [-0.3, -0.25) is 9.89 Å². The van der Waals surface area contributed by atoms with Gasteiger partial charge in [0, 0.05) is 30.4 Å². The molecule has 2 aromatic carbocycles. The van der Waals surface area contributed by atoms with Crippen molar-refractivity contribution in [3.8, 4) is 22.6 Å². The molecular formula is C25H27N3O4. The van der Waals surface area contributed by atoms with E-state index in [0.717, 1.165) is 11.1 Å². The van der Waals surface area contributed by atoms with Crippen LogP contribution in [0.3, 0.4) is 0 Å². The number of nitrogens with zero attached hydrogens (tertiary/aromatic N) is 2. The van der Waals surface area contributed by atoms with Crippen molar-refractivity contribution in [2.75, 3.05) is 20.2 Å². The first-order valence-corrected chi connectivity index (χ1v) is 11.0. The second-order valence-electron chi connectivity index (χ2n) is 8.64. The summed E-state index contributed by atoms with van der Waals surface area (Å²) in [5.74, 6) is 1.91. The second-order valence-corrected chi connectivity index (χ2v) is 8.64. The molecule has 1 amide bonds. The van der Waals surface area contributed by atoms with Crippen LogP contribution in [0.15, 0.2) is 60.9 Å². The highest BCUT2D eigenvalue weighted by atomic mass is 16.5. The van der Waals surface area contributed by atoms with Crippen LogP contribution in [0.5, 0.6) is 11.5 Å². The predicted molar refractivity (Wildman–Crippen MR) is 120 cm³/mol. The third-order valence-electron chi connectivity index (χ3n) is 6.66. The molecule has 4 atom stereocenters. The number of fused-ring (bicyclic) bond motifs is 1. The van der Waals surface area contributed by atoms with Crippen molar-refractivity contribution in [1.29, 1.82) is 0 Å². The van der Waals surface area contributed by atoms with Gasteiger partial charge >= 0.3 is 0 Å². The molecule has 1 aromatic heterocycles. The van der Waals surface area contributed by atoms with E-state index in [-0.39, 0.29) is 17.9 Å². The number of ether oxygens (including phenoxy) is 2. The Morgan fingerprint density at radius 2 is 1.84 bits per heavy atom. The van der Waals surface area contributed by atoms with E-state index >= 15 is 0 Å². The van der Waals surface area contributed by atoms with Crippen LogP contribution in [-0.2, 0) is 0 Å². The van der Waals surface area contributed by atoms with E-state index in [2.05, 4.69) is 10.2 Å². The zero-order chi connectivity index (χ0) is 22.1. The summed E-state index contributed by atoms with van der Waals surface area (Å²) >= 11 is 0. The minimum atomic E-state index is -0.569. The average molecular weight is 434 g/mol. The molecule has 2 fully saturated rings. The lowest BCUT2D eigenvalue weighted by molar-refractivity contribution is -0.0240. The lowest BCUT2D eigenvalue weighted by atomic mass is 9.78. The van der Waals surface area contributed by atoms with Crippen molar-refractivity contribution in [3.63, 3.8) is 0 Å². The number of aromatic nitrogens is 2. The number of aliphatic hydroxyl groups is 1. The third-order valence-corrected chi connectivity index (χ3v) is 6.66. The van der Waals surface area contributed by atoms with Crippen LogP contribution in [0.4, 0.5) is 0 Å². The van der Waals surface area contributed by atoms with E-state index in [1.807, 2.05) is 59.6 Å². The Bertz CT molecular complexity index is 1080. The first-order valence-electron chi connectivity index (χ1n) is 11.0. The monoisotopic (exact) mass is 433 g/mol. The molecule has 32 heavy (non-hydrogen) atoms. The predicted octanol–water partition coefficient (Wildman–Crippen LogP) is 3.38. The fraction of sp³-hybridized carbons (Fsp3) is 0.360. The molecule has 0 radical (unpaired) electrons. The van der Waals surface area contributed by atoms with Crippen LogP contribution in [0.1, 0.15) is 23.2 Å². The summed E-state index contributed by atoms with van der Waals surface area (Å²) in [6.45, 7) is 1.34. The number of nitrogens with one attached hydrogen (secondary N) is 1. The fourth-order valence-corrected chi connectivity index (χ4v) is 4.99. The SMILES string of the molecule is COc1ccccc1O[C@@H]1C[C@@H]2CN(C(=O)c3cccc(-c4cn[nH]c4)c3)C[C@@H]2C[C@H]1O. The van der Waals surface area contributed by atoms with Crippen LogP contribution in [0.25, 0.3) is 11.1 Å². The number of carbonyl (C=O) groups excluding carboxylic acids is 1. The second kappa shape index (κ2) is 8.67. The summed E-state index contributed by atoms with van der Waals surface area (Å²) in [7, 11) is 1.61. The molecule has 0 spiro atoms. The van der Waals surface area contributed by atoms with Crippen LogP contribution >= 0.6 is 0 Å². The maximum Gasteiger partial charge on any atom is 0.253 e. The van der Waals surface area contributed by atoms with Crippen molar-refractivity contribution in [1.82, 2.24) is 15.1 Å². The highest BCUT2D eigenvalue weighted by molar-refractivity contribution is 5.95. The Labute approximate surface area is 187 Å². The molecular weight excluding hydrogens is 406 g/mol. The number of aromatic amines is 1. The zero-order valence-electron chi connectivity index (χ0n) is 18.0. The van der Waals surface area contributed by atoms with Gasteiger partial charge in [0.2, 0.25) is 0 Å². The molecule has 1 aliphatic heterocycles. The Morgan fingerprint density at radius 3 is 2.59 bits per heavy atom. The number of para-hydroxylation sites is 2. The van der Waals surface area contributed by atoms with Gasteiger partial charge in [0.1, 0.15) is 6.10 Å². The Balaban J connectivity index is 1.28. The number of carbonyl (C=O) groups is 1. The summed E-state index contributed by atoms with van der Waals surface area (Å²) < 4.78 is 11.5. The Morgan fingerprint density at radius 1 is 1.06 bits per heavy atom. The Kier molecular flexibility index (Phi) is 5.57. The van der Waals surface area contributed by atoms with Crippen molar-refractivity contribution < 1.29 is 19.4 Å². The number of amides is 1. The lowest BCUT2D eigenvalue weighted by Gasteiger charge is -2.35. The number of rotatable bonds is 5. The minimum absolute atomic E-state index is 0.0291. The van der Waals surface area contributed by atoms with Gasteiger partial charge in [-0.25, -0.2) is 0 Å². The van der Waals surface area contributed by atoms with Crippen LogP contribution in [-0.4, -0.2) is 58.5 Å². The van der Waals surface area contributed by atoms with Crippen molar-refractivity contribution in [2.24, 2.45) is 11.8 Å². The quantitative estimate of drug-likeness (QED) is 0.644. The summed E-state index contributed by atoms with van der Waals surface area (Å²) in [5.41, 5.74) is 2.58. The van der Waals surface area contributed by atoms with Crippen LogP contribution < -0.4 is 9.47 Å². The molecule has 1 saturated carbocycles. The summed E-state index contributed by atoms with van der Waals surface area (Å²) in [6.07, 6.45) is 4.02. The number of methoxy groups -OCH3 is 1. The third kappa shape index (κ3) is 3.96. The molecule has 2 N–H and O–H groups in total. The van der Waals surface area contributed by atoms with Gasteiger partial charge in [0.15, 0.2) is 11.5 Å². The lowest BCUT2D eigenvalue weighted by Crippen LogP contribution is -2.42. The van der Waals surface area contributed by atoms with E-state index < -0.39 is 6.10 Å². The Hall–Kier alpha value is -3.32. The number of hydrogen-bond donors (Lipinski definition) is 2. The van der Waals surface area contributed by atoms with E-state index in [9.17, 15) is 9.90 Å². The molecule has 3 aromatic rings. The number of aliphatic hydroxyl groups excluding tert-OH is 1. The molecule has 1 aliphatic carbocycles. The normalized spacial score (nSPS) is 24.8. The highest BCUT2D eigenvalue weighted by Crippen LogP contribution is 2.39. The largest absolute Gasteiger partial charge is 0.493 e. The molecule has 0 unspecified atom stereocenters. The molecule has 0 bridgehead atoms. The molecule has 2 aliphatic rings. The van der Waals surface area contributed by atoms with E-state index in [1.54, 1.807) is 13.3 Å². The van der Waals surface area contributed by atoms with Gasteiger partial charge in [-0.05, 0) is 54.5 Å². The first-order chi connectivity index (χ1) is 15.6. The number of H-pyrrole nitrogens is 1. The smallest absolute Gasteiger partial charge is 0.253 e. The summed E-state index contributed by atoms with van der Waals surface area (Å²) in [6, 6.07) is 15.1. The first kappa shape index (κ1) is 20.6. The van der Waals surface area contributed by atoms with Gasteiger partial charge in [-0.1, -0.05) is 24.3 Å². The van der Waals surface area contributed by atoms with E-state index in [4.69, 9.17) is 9.47 Å². The maximum absolute atomic E-state index is 13.2. The average Bonchev–Trinajstić information content (AvgIpc) is 3.49. The minimum Gasteiger partial charge on any atom is -0.493 e. The summed E-state index contributed by atoms with van der Waals surface area (Å²) in [5, 5.41) is 17.5. The molecule has 1 saturated heterocycles. The standard InChI is InChI=1S/C25H27N3O4/c1-31-22-7-2-3-8-23(22)32-24-11-19-15-28(14-18(19)10-21(24)29)25(30)17-6-4-5-16(9-17)20-12-26-27-13-20/h2-9,12-13,18-19,21,24,29H,10-11,14-15H2,1H3,(H,26,27)/t18-,19+,21+,24+/m0/s1. The van der Waals surface area contributed by atoms with Gasteiger partial charge in [-0.2, -0.15) is 5.10 Å². The van der Waals surface area contributed by atoms with Crippen molar-refractivity contribution in [2.45, 2.75) is 25.0 Å². The molecule has 7 heteroatoms. The van der Waals surface area contributed by atoms with Gasteiger partial charge in [0.05, 0.1) is 19.4 Å². The van der Waals surface area contributed by atoms with E-state index in [0.29, 0.717) is 48.9 Å². The van der Waals surface area contributed by atoms with E-state index in [1.165, 1.54) is 0 Å². The number of likely N-dealkylation sites (tertiary alicyclic amines) is 1. The zero-order valence-corrected chi connectivity index (χ0v) is 18.0. The van der Waals surface area contributed by atoms with Gasteiger partial charge in [0.25, 0.3) is 5.91 Å².